The lowest BCUT2D eigenvalue weighted by Gasteiger charge is -2.31. The maximum absolute atomic E-state index is 11.8. The van der Waals surface area contributed by atoms with Crippen LogP contribution in [-0.4, -0.2) is 29.1 Å². The van der Waals surface area contributed by atoms with Gasteiger partial charge in [0.2, 0.25) is 0 Å². The van der Waals surface area contributed by atoms with E-state index in [0.29, 0.717) is 18.5 Å². The minimum Gasteiger partial charge on any atom is -0.388 e. The number of carbonyl (C=O) groups excluding carboxylic acids is 2. The highest BCUT2D eigenvalue weighted by Gasteiger charge is 2.30. The van der Waals surface area contributed by atoms with Crippen molar-refractivity contribution >= 4 is 17.5 Å². The number of aryl methyl sites for hydroxylation is 1. The molecule has 1 fully saturated rings. The second-order valence-electron chi connectivity index (χ2n) is 5.79. The van der Waals surface area contributed by atoms with Crippen LogP contribution in [0.4, 0.5) is 5.69 Å². The molecule has 0 atom stereocenters. The summed E-state index contributed by atoms with van der Waals surface area (Å²) < 4.78 is 0. The third-order valence-corrected chi connectivity index (χ3v) is 3.84. The van der Waals surface area contributed by atoms with E-state index < -0.39 is 17.4 Å². The van der Waals surface area contributed by atoms with Gasteiger partial charge >= 0.3 is 11.8 Å². The molecule has 5 nitrogen and oxygen atoms in total. The quantitative estimate of drug-likeness (QED) is 0.742. The van der Waals surface area contributed by atoms with Crippen LogP contribution in [0.15, 0.2) is 24.3 Å². The van der Waals surface area contributed by atoms with E-state index in [-0.39, 0.29) is 6.54 Å². The molecule has 0 saturated heterocycles. The van der Waals surface area contributed by atoms with Crippen molar-refractivity contribution in [1.29, 1.82) is 0 Å². The van der Waals surface area contributed by atoms with Crippen LogP contribution in [0.2, 0.25) is 0 Å². The fourth-order valence-corrected chi connectivity index (χ4v) is 2.62. The summed E-state index contributed by atoms with van der Waals surface area (Å²) in [5, 5.41) is 15.4. The van der Waals surface area contributed by atoms with Crippen LogP contribution in [-0.2, 0) is 9.59 Å². The highest BCUT2D eigenvalue weighted by molar-refractivity contribution is 6.39. The van der Waals surface area contributed by atoms with E-state index in [1.807, 2.05) is 19.1 Å². The number of nitrogens with one attached hydrogen (secondary N) is 2. The molecule has 0 bridgehead atoms. The van der Waals surface area contributed by atoms with Crippen LogP contribution in [0.1, 0.15) is 37.7 Å². The molecule has 1 aliphatic carbocycles. The second kappa shape index (κ2) is 6.72. The van der Waals surface area contributed by atoms with Gasteiger partial charge in [0.25, 0.3) is 0 Å². The Bertz CT molecular complexity index is 522. The largest absolute Gasteiger partial charge is 0.388 e. The zero-order chi connectivity index (χ0) is 15.3. The summed E-state index contributed by atoms with van der Waals surface area (Å²) in [5.74, 6) is -1.42. The summed E-state index contributed by atoms with van der Waals surface area (Å²) in [6.07, 6.45) is 4.38. The van der Waals surface area contributed by atoms with E-state index in [0.717, 1.165) is 24.8 Å². The Balaban J connectivity index is 1.84. The first-order valence-electron chi connectivity index (χ1n) is 7.37. The number of carbonyl (C=O) groups is 2. The van der Waals surface area contributed by atoms with Gasteiger partial charge in [0.1, 0.15) is 0 Å². The molecule has 2 rings (SSSR count). The van der Waals surface area contributed by atoms with E-state index in [2.05, 4.69) is 10.6 Å². The Labute approximate surface area is 124 Å². The minimum atomic E-state index is -0.864. The maximum Gasteiger partial charge on any atom is 0.313 e. The number of benzene rings is 1. The molecule has 0 radical (unpaired) electrons. The van der Waals surface area contributed by atoms with Gasteiger partial charge < -0.3 is 15.7 Å². The number of hydrogen-bond donors (Lipinski definition) is 3. The molecule has 1 aromatic rings. The van der Waals surface area contributed by atoms with Crippen LogP contribution in [0.3, 0.4) is 0 Å². The number of aliphatic hydroxyl groups is 1. The van der Waals surface area contributed by atoms with Crippen molar-refractivity contribution in [1.82, 2.24) is 5.32 Å². The van der Waals surface area contributed by atoms with Gasteiger partial charge in [0.15, 0.2) is 0 Å². The van der Waals surface area contributed by atoms with Gasteiger partial charge in [0, 0.05) is 12.2 Å². The van der Waals surface area contributed by atoms with Crippen LogP contribution in [0.25, 0.3) is 0 Å². The molecule has 0 spiro atoms. The van der Waals surface area contributed by atoms with Crippen molar-refractivity contribution in [2.45, 2.75) is 44.6 Å². The number of amides is 2. The third kappa shape index (κ3) is 4.56. The summed E-state index contributed by atoms with van der Waals surface area (Å²) in [4.78, 5) is 23.6. The molecule has 5 heteroatoms. The number of rotatable bonds is 3. The van der Waals surface area contributed by atoms with Crippen molar-refractivity contribution < 1.29 is 14.7 Å². The average molecular weight is 290 g/mol. The minimum absolute atomic E-state index is 0.132. The molecule has 0 aliphatic heterocycles. The molecule has 3 N–H and O–H groups in total. The monoisotopic (exact) mass is 290 g/mol. The van der Waals surface area contributed by atoms with Gasteiger partial charge in [-0.2, -0.15) is 0 Å². The zero-order valence-corrected chi connectivity index (χ0v) is 12.3. The Hall–Kier alpha value is -1.88. The summed E-state index contributed by atoms with van der Waals surface area (Å²) in [5.41, 5.74) is 0.730. The van der Waals surface area contributed by atoms with E-state index in [1.54, 1.807) is 12.1 Å². The summed E-state index contributed by atoms with van der Waals surface area (Å²) in [6.45, 7) is 2.04. The molecule has 0 aromatic heterocycles. The van der Waals surface area contributed by atoms with Crippen molar-refractivity contribution in [2.24, 2.45) is 0 Å². The van der Waals surface area contributed by atoms with Crippen molar-refractivity contribution in [3.8, 4) is 0 Å². The lowest BCUT2D eigenvalue weighted by Crippen LogP contribution is -2.47. The SMILES string of the molecule is Cc1cccc(NC(=O)C(=O)NCC2(O)CCCCC2)c1. The molecule has 0 heterocycles. The Morgan fingerprint density at radius 1 is 1.19 bits per heavy atom. The molecular formula is C16H22N2O3. The van der Waals surface area contributed by atoms with Gasteiger partial charge in [-0.05, 0) is 37.5 Å². The summed E-state index contributed by atoms with van der Waals surface area (Å²) in [7, 11) is 0. The fraction of sp³-hybridized carbons (Fsp3) is 0.500. The Kier molecular flexibility index (Phi) is 4.96. The molecule has 21 heavy (non-hydrogen) atoms. The van der Waals surface area contributed by atoms with E-state index in [4.69, 9.17) is 0 Å². The Morgan fingerprint density at radius 2 is 1.90 bits per heavy atom. The van der Waals surface area contributed by atoms with E-state index in [1.165, 1.54) is 0 Å². The van der Waals surface area contributed by atoms with Gasteiger partial charge in [0.05, 0.1) is 5.60 Å². The van der Waals surface area contributed by atoms with Gasteiger partial charge in [-0.1, -0.05) is 31.4 Å². The predicted molar refractivity (Wildman–Crippen MR) is 80.9 cm³/mol. The van der Waals surface area contributed by atoms with Crippen LogP contribution < -0.4 is 10.6 Å². The third-order valence-electron chi connectivity index (χ3n) is 3.84. The lowest BCUT2D eigenvalue weighted by molar-refractivity contribution is -0.137. The predicted octanol–water partition coefficient (Wildman–Crippen LogP) is 1.74. The fourth-order valence-electron chi connectivity index (χ4n) is 2.62. The topological polar surface area (TPSA) is 78.4 Å². The van der Waals surface area contributed by atoms with Crippen LogP contribution >= 0.6 is 0 Å². The van der Waals surface area contributed by atoms with Gasteiger partial charge in [-0.3, -0.25) is 9.59 Å². The molecule has 114 valence electrons. The Morgan fingerprint density at radius 3 is 2.57 bits per heavy atom. The van der Waals surface area contributed by atoms with Gasteiger partial charge in [-0.25, -0.2) is 0 Å². The average Bonchev–Trinajstić information content (AvgIpc) is 2.45. The van der Waals surface area contributed by atoms with Gasteiger partial charge in [-0.15, -0.1) is 0 Å². The molecule has 1 saturated carbocycles. The smallest absolute Gasteiger partial charge is 0.313 e. The number of anilines is 1. The number of hydrogen-bond acceptors (Lipinski definition) is 3. The van der Waals surface area contributed by atoms with E-state index in [9.17, 15) is 14.7 Å². The highest BCUT2D eigenvalue weighted by atomic mass is 16.3. The molecular weight excluding hydrogens is 268 g/mol. The normalized spacial score (nSPS) is 17.0. The standard InChI is InChI=1S/C16H22N2O3/c1-12-6-5-7-13(10-12)18-15(20)14(19)17-11-16(21)8-3-2-4-9-16/h5-7,10,21H,2-4,8-9,11H2,1H3,(H,17,19)(H,18,20). The first-order chi connectivity index (χ1) is 9.98. The lowest BCUT2D eigenvalue weighted by atomic mass is 9.85. The molecule has 0 unspecified atom stereocenters. The second-order valence-corrected chi connectivity index (χ2v) is 5.79. The van der Waals surface area contributed by atoms with Crippen LogP contribution in [0.5, 0.6) is 0 Å². The maximum atomic E-state index is 11.8. The summed E-state index contributed by atoms with van der Waals surface area (Å²) in [6, 6.07) is 7.24. The molecule has 2 amide bonds. The highest BCUT2D eigenvalue weighted by Crippen LogP contribution is 2.27. The van der Waals surface area contributed by atoms with Crippen molar-refractivity contribution in [2.75, 3.05) is 11.9 Å². The van der Waals surface area contributed by atoms with Crippen molar-refractivity contribution in [3.63, 3.8) is 0 Å². The summed E-state index contributed by atoms with van der Waals surface area (Å²) >= 11 is 0. The molecule has 1 aliphatic rings. The molecule has 1 aromatic carbocycles. The first-order valence-corrected chi connectivity index (χ1v) is 7.37. The van der Waals surface area contributed by atoms with E-state index >= 15 is 0 Å². The zero-order valence-electron chi connectivity index (χ0n) is 12.3. The van der Waals surface area contributed by atoms with Crippen molar-refractivity contribution in [3.05, 3.63) is 29.8 Å². The first kappa shape index (κ1) is 15.5. The van der Waals surface area contributed by atoms with Crippen LogP contribution in [0, 0.1) is 6.92 Å².